The molecule has 1 saturated heterocycles. The van der Waals surface area contributed by atoms with Crippen LogP contribution in [-0.2, 0) is 4.79 Å². The largest absolute Gasteiger partial charge is 0.493 e. The lowest BCUT2D eigenvalue weighted by Crippen LogP contribution is -2.52. The number of carbonyl (C=O) groups is 2. The summed E-state index contributed by atoms with van der Waals surface area (Å²) in [5.74, 6) is -0.127. The van der Waals surface area contributed by atoms with Gasteiger partial charge in [0, 0.05) is 45.3 Å². The number of nitrogens with zero attached hydrogens (tertiary/aromatic N) is 3. The number of carbonyl (C=O) groups excluding carboxylic acids is 1. The second-order valence-electron chi connectivity index (χ2n) is 5.25. The molecule has 2 amide bonds. The SMILES string of the molecule is COc1cnccc1N1CCN(C(=O)NCCCC(=O)O)CC1. The van der Waals surface area contributed by atoms with Crippen LogP contribution in [-0.4, -0.2) is 66.8 Å². The molecular formula is C15H22N4O4. The van der Waals surface area contributed by atoms with Crippen LogP contribution in [0.25, 0.3) is 0 Å². The fraction of sp³-hybridized carbons (Fsp3) is 0.533. The van der Waals surface area contributed by atoms with E-state index in [1.54, 1.807) is 24.4 Å². The number of piperazine rings is 1. The topological polar surface area (TPSA) is 95.0 Å². The Bertz CT molecular complexity index is 544. The molecule has 0 aromatic carbocycles. The number of carboxylic acid groups (broad SMARTS) is 1. The second-order valence-corrected chi connectivity index (χ2v) is 5.25. The van der Waals surface area contributed by atoms with Crippen LogP contribution in [0.15, 0.2) is 18.5 Å². The fourth-order valence-corrected chi connectivity index (χ4v) is 2.49. The molecule has 2 heterocycles. The van der Waals surface area contributed by atoms with E-state index in [-0.39, 0.29) is 12.5 Å². The van der Waals surface area contributed by atoms with Crippen molar-refractivity contribution in [2.24, 2.45) is 0 Å². The fourth-order valence-electron chi connectivity index (χ4n) is 2.49. The molecule has 0 radical (unpaired) electrons. The van der Waals surface area contributed by atoms with Gasteiger partial charge in [-0.2, -0.15) is 0 Å². The van der Waals surface area contributed by atoms with Gasteiger partial charge in [0.15, 0.2) is 5.75 Å². The number of nitrogens with one attached hydrogen (secondary N) is 1. The van der Waals surface area contributed by atoms with Gasteiger partial charge in [-0.15, -0.1) is 0 Å². The van der Waals surface area contributed by atoms with E-state index in [1.165, 1.54) is 0 Å². The van der Waals surface area contributed by atoms with Crippen LogP contribution in [0, 0.1) is 0 Å². The van der Waals surface area contributed by atoms with Gasteiger partial charge in [-0.05, 0) is 12.5 Å². The Balaban J connectivity index is 1.79. The summed E-state index contributed by atoms with van der Waals surface area (Å²) in [5, 5.41) is 11.3. The zero-order valence-electron chi connectivity index (χ0n) is 13.2. The highest BCUT2D eigenvalue weighted by Crippen LogP contribution is 2.27. The Labute approximate surface area is 135 Å². The van der Waals surface area contributed by atoms with Crippen molar-refractivity contribution in [3.63, 3.8) is 0 Å². The number of aromatic nitrogens is 1. The maximum Gasteiger partial charge on any atom is 0.317 e. The van der Waals surface area contributed by atoms with Gasteiger partial charge in [0.25, 0.3) is 0 Å². The third-order valence-corrected chi connectivity index (χ3v) is 3.73. The van der Waals surface area contributed by atoms with E-state index in [4.69, 9.17) is 9.84 Å². The monoisotopic (exact) mass is 322 g/mol. The third kappa shape index (κ3) is 4.73. The highest BCUT2D eigenvalue weighted by Gasteiger charge is 2.22. The van der Waals surface area contributed by atoms with E-state index in [9.17, 15) is 9.59 Å². The van der Waals surface area contributed by atoms with Gasteiger partial charge in [-0.1, -0.05) is 0 Å². The molecule has 1 fully saturated rings. The highest BCUT2D eigenvalue weighted by atomic mass is 16.5. The van der Waals surface area contributed by atoms with Gasteiger partial charge < -0.3 is 25.0 Å². The van der Waals surface area contributed by atoms with Crippen molar-refractivity contribution in [3.8, 4) is 5.75 Å². The molecule has 1 aliphatic heterocycles. The van der Waals surface area contributed by atoms with Crippen LogP contribution < -0.4 is 15.0 Å². The molecule has 126 valence electrons. The summed E-state index contributed by atoms with van der Waals surface area (Å²) in [6, 6.07) is 1.76. The van der Waals surface area contributed by atoms with Crippen molar-refractivity contribution >= 4 is 17.7 Å². The first kappa shape index (κ1) is 16.9. The molecule has 8 heteroatoms. The van der Waals surface area contributed by atoms with E-state index in [0.29, 0.717) is 39.1 Å². The molecule has 1 aromatic rings. The summed E-state index contributed by atoms with van der Waals surface area (Å²) < 4.78 is 5.31. The van der Waals surface area contributed by atoms with Gasteiger partial charge in [-0.25, -0.2) is 4.79 Å². The van der Waals surface area contributed by atoms with Crippen molar-refractivity contribution in [1.29, 1.82) is 0 Å². The number of amides is 2. The number of hydrogen-bond donors (Lipinski definition) is 2. The van der Waals surface area contributed by atoms with Gasteiger partial charge in [0.1, 0.15) is 0 Å². The molecule has 2 rings (SSSR count). The average molecular weight is 322 g/mol. The van der Waals surface area contributed by atoms with E-state index >= 15 is 0 Å². The molecular weight excluding hydrogens is 300 g/mol. The minimum atomic E-state index is -0.848. The molecule has 23 heavy (non-hydrogen) atoms. The van der Waals surface area contributed by atoms with E-state index < -0.39 is 5.97 Å². The van der Waals surface area contributed by atoms with Crippen molar-refractivity contribution in [2.45, 2.75) is 12.8 Å². The lowest BCUT2D eigenvalue weighted by molar-refractivity contribution is -0.137. The number of anilines is 1. The van der Waals surface area contributed by atoms with Crippen LogP contribution in [0.4, 0.5) is 10.5 Å². The first-order valence-corrected chi connectivity index (χ1v) is 7.59. The number of rotatable bonds is 6. The molecule has 0 saturated carbocycles. The lowest BCUT2D eigenvalue weighted by Gasteiger charge is -2.36. The summed E-state index contributed by atoms with van der Waals surface area (Å²) in [4.78, 5) is 30.4. The van der Waals surface area contributed by atoms with E-state index in [1.807, 2.05) is 6.07 Å². The van der Waals surface area contributed by atoms with Crippen molar-refractivity contribution in [2.75, 3.05) is 44.7 Å². The number of carboxylic acids is 1. The zero-order chi connectivity index (χ0) is 16.7. The van der Waals surface area contributed by atoms with Crippen molar-refractivity contribution in [1.82, 2.24) is 15.2 Å². The van der Waals surface area contributed by atoms with Crippen LogP contribution in [0.3, 0.4) is 0 Å². The Kier molecular flexibility index (Phi) is 6.02. The number of methoxy groups -OCH3 is 1. The number of urea groups is 1. The summed E-state index contributed by atoms with van der Waals surface area (Å²) in [6.07, 6.45) is 3.90. The first-order valence-electron chi connectivity index (χ1n) is 7.59. The molecule has 0 atom stereocenters. The minimum absolute atomic E-state index is 0.0654. The Morgan fingerprint density at radius 3 is 2.74 bits per heavy atom. The van der Waals surface area contributed by atoms with Gasteiger partial charge >= 0.3 is 12.0 Å². The predicted octanol–water partition coefficient (Wildman–Crippen LogP) is 0.787. The molecule has 2 N–H and O–H groups in total. The lowest BCUT2D eigenvalue weighted by atomic mass is 10.2. The molecule has 0 aliphatic carbocycles. The number of ether oxygens (including phenoxy) is 1. The molecule has 8 nitrogen and oxygen atoms in total. The average Bonchev–Trinajstić information content (AvgIpc) is 2.58. The predicted molar refractivity (Wildman–Crippen MR) is 84.8 cm³/mol. The third-order valence-electron chi connectivity index (χ3n) is 3.73. The van der Waals surface area contributed by atoms with E-state index in [0.717, 1.165) is 11.4 Å². The molecule has 0 spiro atoms. The van der Waals surface area contributed by atoms with Crippen LogP contribution in [0.1, 0.15) is 12.8 Å². The molecule has 1 aliphatic rings. The van der Waals surface area contributed by atoms with Crippen LogP contribution in [0.2, 0.25) is 0 Å². The van der Waals surface area contributed by atoms with Crippen LogP contribution >= 0.6 is 0 Å². The summed E-state index contributed by atoms with van der Waals surface area (Å²) >= 11 is 0. The van der Waals surface area contributed by atoms with Crippen molar-refractivity contribution < 1.29 is 19.4 Å². The summed E-state index contributed by atoms with van der Waals surface area (Å²) in [6.45, 7) is 3.02. The van der Waals surface area contributed by atoms with Gasteiger partial charge in [-0.3, -0.25) is 9.78 Å². The van der Waals surface area contributed by atoms with Crippen molar-refractivity contribution in [3.05, 3.63) is 18.5 Å². The minimum Gasteiger partial charge on any atom is -0.493 e. The number of hydrogen-bond acceptors (Lipinski definition) is 5. The standard InChI is InChI=1S/C15H22N4O4/c1-23-13-11-16-6-4-12(13)18-7-9-19(10-8-18)15(22)17-5-2-3-14(20)21/h4,6,11H,2-3,5,7-10H2,1H3,(H,17,22)(H,20,21). The van der Waals surface area contributed by atoms with E-state index in [2.05, 4.69) is 15.2 Å². The van der Waals surface area contributed by atoms with Gasteiger partial charge in [0.2, 0.25) is 0 Å². The van der Waals surface area contributed by atoms with Gasteiger partial charge in [0.05, 0.1) is 19.0 Å². The second kappa shape index (κ2) is 8.21. The Morgan fingerprint density at radius 2 is 2.09 bits per heavy atom. The van der Waals surface area contributed by atoms with Crippen LogP contribution in [0.5, 0.6) is 5.75 Å². The highest BCUT2D eigenvalue weighted by molar-refractivity contribution is 5.74. The summed E-state index contributed by atoms with van der Waals surface area (Å²) in [5.41, 5.74) is 0.976. The molecule has 0 bridgehead atoms. The Hall–Kier alpha value is -2.51. The maximum absolute atomic E-state index is 12.0. The molecule has 0 unspecified atom stereocenters. The first-order chi connectivity index (χ1) is 11.1. The zero-order valence-corrected chi connectivity index (χ0v) is 13.2. The smallest absolute Gasteiger partial charge is 0.317 e. The number of aliphatic carboxylic acids is 1. The Morgan fingerprint density at radius 1 is 1.35 bits per heavy atom. The normalized spacial score (nSPS) is 14.5. The molecule has 1 aromatic heterocycles. The quantitative estimate of drug-likeness (QED) is 0.752. The summed E-state index contributed by atoms with van der Waals surface area (Å²) in [7, 11) is 1.61. The number of pyridine rings is 1. The maximum atomic E-state index is 12.0.